The van der Waals surface area contributed by atoms with E-state index in [4.69, 9.17) is 5.11 Å². The van der Waals surface area contributed by atoms with E-state index in [1.165, 1.54) is 18.4 Å². The maximum Gasteiger partial charge on any atom is 0.0758 e. The van der Waals surface area contributed by atoms with Crippen molar-refractivity contribution >= 4 is 26.8 Å². The van der Waals surface area contributed by atoms with Crippen LogP contribution in [0.2, 0.25) is 0 Å². The molecule has 2 N–H and O–H groups in total. The van der Waals surface area contributed by atoms with Gasteiger partial charge in [-0.05, 0) is 42.4 Å². The number of fused-ring (bicyclic) bond motifs is 1. The standard InChI is InChI=1S/C16H19BrN2O/c17-14-4-3-12(15-13(14)2-1-8-19-15)10-18-11-16(5-6-16)7-9-20/h1-4,8,18,20H,5-7,9-11H2. The zero-order valence-corrected chi connectivity index (χ0v) is 13.0. The first-order chi connectivity index (χ1) is 9.74. The average Bonchev–Trinajstić information content (AvgIpc) is 3.22. The van der Waals surface area contributed by atoms with E-state index in [9.17, 15) is 0 Å². The van der Waals surface area contributed by atoms with Gasteiger partial charge in [-0.1, -0.05) is 28.1 Å². The van der Waals surface area contributed by atoms with Crippen LogP contribution in [0.4, 0.5) is 0 Å². The summed E-state index contributed by atoms with van der Waals surface area (Å²) in [6.45, 7) is 2.11. The number of pyridine rings is 1. The van der Waals surface area contributed by atoms with Gasteiger partial charge in [-0.25, -0.2) is 0 Å². The molecule has 2 aromatic rings. The molecule has 4 heteroatoms. The van der Waals surface area contributed by atoms with Crippen LogP contribution in [0.3, 0.4) is 0 Å². The van der Waals surface area contributed by atoms with Gasteiger partial charge in [0.2, 0.25) is 0 Å². The molecule has 0 radical (unpaired) electrons. The minimum Gasteiger partial charge on any atom is -0.396 e. The van der Waals surface area contributed by atoms with Gasteiger partial charge in [0.15, 0.2) is 0 Å². The topological polar surface area (TPSA) is 45.1 Å². The van der Waals surface area contributed by atoms with E-state index < -0.39 is 0 Å². The SMILES string of the molecule is OCCC1(CNCc2ccc(Br)c3cccnc23)CC1. The molecule has 1 saturated carbocycles. The van der Waals surface area contributed by atoms with Crippen molar-refractivity contribution in [2.75, 3.05) is 13.2 Å². The van der Waals surface area contributed by atoms with E-state index in [-0.39, 0.29) is 0 Å². The number of benzene rings is 1. The third-order valence-corrected chi connectivity index (χ3v) is 4.91. The molecule has 0 saturated heterocycles. The van der Waals surface area contributed by atoms with Crippen molar-refractivity contribution in [2.24, 2.45) is 5.41 Å². The van der Waals surface area contributed by atoms with Crippen LogP contribution in [-0.2, 0) is 6.54 Å². The van der Waals surface area contributed by atoms with Crippen LogP contribution in [0, 0.1) is 5.41 Å². The van der Waals surface area contributed by atoms with Crippen molar-refractivity contribution in [3.63, 3.8) is 0 Å². The molecule has 3 nitrogen and oxygen atoms in total. The van der Waals surface area contributed by atoms with E-state index in [0.29, 0.717) is 12.0 Å². The highest BCUT2D eigenvalue weighted by Crippen LogP contribution is 2.47. The van der Waals surface area contributed by atoms with Crippen LogP contribution in [-0.4, -0.2) is 23.2 Å². The van der Waals surface area contributed by atoms with Gasteiger partial charge in [-0.15, -0.1) is 0 Å². The average molecular weight is 335 g/mol. The van der Waals surface area contributed by atoms with Crippen LogP contribution < -0.4 is 5.32 Å². The lowest BCUT2D eigenvalue weighted by atomic mass is 10.0. The van der Waals surface area contributed by atoms with E-state index >= 15 is 0 Å². The molecule has 0 aliphatic heterocycles. The van der Waals surface area contributed by atoms with Crippen molar-refractivity contribution in [1.29, 1.82) is 0 Å². The molecule has 20 heavy (non-hydrogen) atoms. The van der Waals surface area contributed by atoms with Crippen molar-refractivity contribution < 1.29 is 5.11 Å². The zero-order chi connectivity index (χ0) is 14.0. The largest absolute Gasteiger partial charge is 0.396 e. The van der Waals surface area contributed by atoms with Crippen molar-refractivity contribution in [3.8, 4) is 0 Å². The number of aliphatic hydroxyl groups is 1. The van der Waals surface area contributed by atoms with Gasteiger partial charge >= 0.3 is 0 Å². The molecule has 0 amide bonds. The summed E-state index contributed by atoms with van der Waals surface area (Å²) >= 11 is 3.57. The number of hydrogen-bond donors (Lipinski definition) is 2. The van der Waals surface area contributed by atoms with E-state index in [1.807, 2.05) is 12.3 Å². The van der Waals surface area contributed by atoms with Gasteiger partial charge in [0.25, 0.3) is 0 Å². The number of hydrogen-bond acceptors (Lipinski definition) is 3. The molecule has 1 heterocycles. The molecular weight excluding hydrogens is 316 g/mol. The molecule has 106 valence electrons. The van der Waals surface area contributed by atoms with E-state index in [2.05, 4.69) is 44.4 Å². The van der Waals surface area contributed by atoms with Crippen LogP contribution in [0.15, 0.2) is 34.9 Å². The van der Waals surface area contributed by atoms with Gasteiger partial charge in [0, 0.05) is 35.8 Å². The number of aliphatic hydroxyl groups excluding tert-OH is 1. The Morgan fingerprint density at radius 3 is 2.90 bits per heavy atom. The fraction of sp³-hybridized carbons (Fsp3) is 0.438. The molecular formula is C16H19BrN2O. The first kappa shape index (κ1) is 14.0. The summed E-state index contributed by atoms with van der Waals surface area (Å²) in [6, 6.07) is 8.26. The number of nitrogens with zero attached hydrogens (tertiary/aromatic N) is 1. The van der Waals surface area contributed by atoms with Gasteiger partial charge < -0.3 is 10.4 Å². The molecule has 3 rings (SSSR count). The monoisotopic (exact) mass is 334 g/mol. The third kappa shape index (κ3) is 2.87. The number of aromatic nitrogens is 1. The number of rotatable bonds is 6. The fourth-order valence-electron chi connectivity index (χ4n) is 2.73. The van der Waals surface area contributed by atoms with Crippen molar-refractivity contribution in [1.82, 2.24) is 10.3 Å². The lowest BCUT2D eigenvalue weighted by molar-refractivity contribution is 0.245. The Bertz CT molecular complexity index is 610. The molecule has 0 unspecified atom stereocenters. The quantitative estimate of drug-likeness (QED) is 0.852. The van der Waals surface area contributed by atoms with Gasteiger partial charge in [-0.2, -0.15) is 0 Å². The number of nitrogens with one attached hydrogen (secondary N) is 1. The predicted molar refractivity (Wildman–Crippen MR) is 84.5 cm³/mol. The smallest absolute Gasteiger partial charge is 0.0758 e. The normalized spacial score (nSPS) is 16.5. The summed E-state index contributed by atoms with van der Waals surface area (Å²) in [5.74, 6) is 0. The highest BCUT2D eigenvalue weighted by atomic mass is 79.9. The first-order valence-electron chi connectivity index (χ1n) is 7.08. The van der Waals surface area contributed by atoms with Crippen LogP contribution >= 0.6 is 15.9 Å². The fourth-order valence-corrected chi connectivity index (χ4v) is 3.18. The molecule has 1 fully saturated rings. The van der Waals surface area contributed by atoms with E-state index in [0.717, 1.165) is 34.9 Å². The predicted octanol–water partition coefficient (Wildman–Crippen LogP) is 3.25. The molecule has 1 aromatic heterocycles. The second kappa shape index (κ2) is 5.80. The second-order valence-electron chi connectivity index (χ2n) is 5.68. The summed E-state index contributed by atoms with van der Waals surface area (Å²) in [6.07, 6.45) is 5.23. The first-order valence-corrected chi connectivity index (χ1v) is 7.87. The maximum atomic E-state index is 9.09. The van der Waals surface area contributed by atoms with E-state index in [1.54, 1.807) is 0 Å². The molecule has 0 atom stereocenters. The summed E-state index contributed by atoms with van der Waals surface area (Å²) in [5, 5.41) is 13.8. The zero-order valence-electron chi connectivity index (χ0n) is 11.4. The lowest BCUT2D eigenvalue weighted by Crippen LogP contribution is -2.24. The van der Waals surface area contributed by atoms with Gasteiger partial charge in [0.1, 0.15) is 0 Å². The van der Waals surface area contributed by atoms with Gasteiger partial charge in [0.05, 0.1) is 5.52 Å². The minimum absolute atomic E-state index is 0.296. The molecule has 1 aromatic carbocycles. The summed E-state index contributed by atoms with van der Waals surface area (Å²) in [4.78, 5) is 4.50. The van der Waals surface area contributed by atoms with Crippen LogP contribution in [0.5, 0.6) is 0 Å². The Labute approximate surface area is 127 Å². The second-order valence-corrected chi connectivity index (χ2v) is 6.54. The highest BCUT2D eigenvalue weighted by Gasteiger charge is 2.41. The Morgan fingerprint density at radius 2 is 2.15 bits per heavy atom. The van der Waals surface area contributed by atoms with Crippen LogP contribution in [0.1, 0.15) is 24.8 Å². The lowest BCUT2D eigenvalue weighted by Gasteiger charge is -2.15. The Balaban J connectivity index is 1.70. The highest BCUT2D eigenvalue weighted by molar-refractivity contribution is 9.10. The Hall–Kier alpha value is -0.970. The van der Waals surface area contributed by atoms with Crippen molar-refractivity contribution in [2.45, 2.75) is 25.8 Å². The molecule has 1 aliphatic rings. The van der Waals surface area contributed by atoms with Crippen LogP contribution in [0.25, 0.3) is 10.9 Å². The number of halogens is 1. The molecule has 0 bridgehead atoms. The third-order valence-electron chi connectivity index (χ3n) is 4.21. The maximum absolute atomic E-state index is 9.09. The molecule has 1 aliphatic carbocycles. The Kier molecular flexibility index (Phi) is 4.06. The van der Waals surface area contributed by atoms with Crippen molar-refractivity contribution in [3.05, 3.63) is 40.5 Å². The summed E-state index contributed by atoms with van der Waals surface area (Å²) in [5.41, 5.74) is 2.64. The molecule has 0 spiro atoms. The minimum atomic E-state index is 0.296. The summed E-state index contributed by atoms with van der Waals surface area (Å²) < 4.78 is 1.09. The Morgan fingerprint density at radius 1 is 1.30 bits per heavy atom. The van der Waals surface area contributed by atoms with Gasteiger partial charge in [-0.3, -0.25) is 4.98 Å². The summed E-state index contributed by atoms with van der Waals surface area (Å²) in [7, 11) is 0.